The zero-order valence-corrected chi connectivity index (χ0v) is 11.7. The lowest BCUT2D eigenvalue weighted by Gasteiger charge is -2.12. The molecule has 1 heterocycles. The molecule has 1 saturated heterocycles. The van der Waals surface area contributed by atoms with E-state index in [1.807, 2.05) is 0 Å². The third-order valence-electron chi connectivity index (χ3n) is 3.35. The maximum absolute atomic E-state index is 11.4. The number of anilines is 2. The number of carbonyl (C=O) groups excluding carboxylic acids is 1. The number of rotatable bonds is 4. The summed E-state index contributed by atoms with van der Waals surface area (Å²) in [5.41, 5.74) is 7.46. The zero-order valence-electron chi connectivity index (χ0n) is 10.8. The molecule has 19 heavy (non-hydrogen) atoms. The van der Waals surface area contributed by atoms with Gasteiger partial charge in [0, 0.05) is 23.5 Å². The molecule has 0 aromatic heterocycles. The molecular formula is C13H18N2O3S. The van der Waals surface area contributed by atoms with Gasteiger partial charge in [0.1, 0.15) is 0 Å². The lowest BCUT2D eigenvalue weighted by molar-refractivity contribution is 0.101. The van der Waals surface area contributed by atoms with E-state index in [1.165, 1.54) is 6.92 Å². The number of nitrogens with two attached hydrogens (primary N) is 1. The number of sulfone groups is 1. The zero-order chi connectivity index (χ0) is 14.0. The number of hydrogen-bond donors (Lipinski definition) is 2. The van der Waals surface area contributed by atoms with Crippen molar-refractivity contribution in [2.45, 2.75) is 13.3 Å². The molecule has 1 aliphatic rings. The van der Waals surface area contributed by atoms with Crippen LogP contribution in [0.4, 0.5) is 11.4 Å². The molecule has 0 amide bonds. The molecule has 0 radical (unpaired) electrons. The Morgan fingerprint density at radius 2 is 2.21 bits per heavy atom. The van der Waals surface area contributed by atoms with Crippen molar-refractivity contribution in [3.05, 3.63) is 23.8 Å². The number of nitrogens with one attached hydrogen (secondary N) is 1. The van der Waals surface area contributed by atoms with Crippen molar-refractivity contribution in [2.24, 2.45) is 5.92 Å². The van der Waals surface area contributed by atoms with E-state index < -0.39 is 9.84 Å². The minimum atomic E-state index is -2.84. The van der Waals surface area contributed by atoms with Gasteiger partial charge in [-0.15, -0.1) is 0 Å². The summed E-state index contributed by atoms with van der Waals surface area (Å²) < 4.78 is 22.7. The fourth-order valence-electron chi connectivity index (χ4n) is 2.27. The Hall–Kier alpha value is -1.56. The van der Waals surface area contributed by atoms with Gasteiger partial charge >= 0.3 is 0 Å². The normalized spacial score (nSPS) is 21.2. The van der Waals surface area contributed by atoms with E-state index in [1.54, 1.807) is 18.2 Å². The van der Waals surface area contributed by atoms with Crippen LogP contribution in [-0.2, 0) is 9.84 Å². The molecule has 104 valence electrons. The van der Waals surface area contributed by atoms with E-state index in [-0.39, 0.29) is 23.2 Å². The molecule has 0 spiro atoms. The van der Waals surface area contributed by atoms with Gasteiger partial charge in [-0.1, -0.05) is 0 Å². The van der Waals surface area contributed by atoms with E-state index in [9.17, 15) is 13.2 Å². The highest BCUT2D eigenvalue weighted by atomic mass is 32.2. The second-order valence-corrected chi connectivity index (χ2v) is 7.24. The first kappa shape index (κ1) is 13.9. The van der Waals surface area contributed by atoms with Crippen molar-refractivity contribution in [1.29, 1.82) is 0 Å². The highest BCUT2D eigenvalue weighted by Crippen LogP contribution is 2.21. The Morgan fingerprint density at radius 1 is 1.47 bits per heavy atom. The molecule has 1 aromatic carbocycles. The summed E-state index contributed by atoms with van der Waals surface area (Å²) in [5.74, 6) is 0.585. The molecule has 0 saturated carbocycles. The molecule has 1 fully saturated rings. The second-order valence-electron chi connectivity index (χ2n) is 5.01. The van der Waals surface area contributed by atoms with Crippen LogP contribution in [0.15, 0.2) is 18.2 Å². The van der Waals surface area contributed by atoms with Gasteiger partial charge in [-0.25, -0.2) is 8.42 Å². The third-order valence-corrected chi connectivity index (χ3v) is 5.19. The van der Waals surface area contributed by atoms with Gasteiger partial charge < -0.3 is 11.1 Å². The van der Waals surface area contributed by atoms with Crippen LogP contribution in [0.1, 0.15) is 23.7 Å². The fourth-order valence-corrected chi connectivity index (χ4v) is 4.13. The summed E-state index contributed by atoms with van der Waals surface area (Å²) >= 11 is 0. The van der Waals surface area contributed by atoms with Gasteiger partial charge in [-0.05, 0) is 37.5 Å². The van der Waals surface area contributed by atoms with Crippen molar-refractivity contribution in [3.63, 3.8) is 0 Å². The van der Waals surface area contributed by atoms with Crippen LogP contribution in [0.25, 0.3) is 0 Å². The minimum Gasteiger partial charge on any atom is -0.398 e. The second kappa shape index (κ2) is 5.21. The Labute approximate surface area is 113 Å². The Morgan fingerprint density at radius 3 is 2.79 bits per heavy atom. The van der Waals surface area contributed by atoms with Gasteiger partial charge in [0.05, 0.1) is 11.5 Å². The van der Waals surface area contributed by atoms with E-state index >= 15 is 0 Å². The Kier molecular flexibility index (Phi) is 3.80. The lowest BCUT2D eigenvalue weighted by atomic mass is 10.1. The molecule has 3 N–H and O–H groups in total. The first-order chi connectivity index (χ1) is 8.87. The SMILES string of the molecule is CC(=O)c1cc(NCC2CCS(=O)(=O)C2)ccc1N. The molecule has 1 aliphatic heterocycles. The molecule has 2 rings (SSSR count). The fraction of sp³-hybridized carbons (Fsp3) is 0.462. The molecule has 1 aromatic rings. The summed E-state index contributed by atoms with van der Waals surface area (Å²) in [5, 5.41) is 3.17. The number of nitrogen functional groups attached to an aromatic ring is 1. The average Bonchev–Trinajstić information content (AvgIpc) is 2.67. The number of carbonyl (C=O) groups is 1. The van der Waals surface area contributed by atoms with Gasteiger partial charge in [0.2, 0.25) is 0 Å². The molecule has 0 bridgehead atoms. The molecule has 1 unspecified atom stereocenters. The van der Waals surface area contributed by atoms with E-state index in [0.29, 0.717) is 24.2 Å². The topological polar surface area (TPSA) is 89.3 Å². The van der Waals surface area contributed by atoms with E-state index in [4.69, 9.17) is 5.73 Å². The smallest absolute Gasteiger partial charge is 0.161 e. The summed E-state index contributed by atoms with van der Waals surface area (Å²) in [4.78, 5) is 11.4. The van der Waals surface area contributed by atoms with Crippen molar-refractivity contribution >= 4 is 27.0 Å². The number of hydrogen-bond acceptors (Lipinski definition) is 5. The van der Waals surface area contributed by atoms with E-state index in [0.717, 1.165) is 5.69 Å². The van der Waals surface area contributed by atoms with Gasteiger partial charge in [0.15, 0.2) is 15.6 Å². The molecule has 5 nitrogen and oxygen atoms in total. The van der Waals surface area contributed by atoms with Gasteiger partial charge in [-0.2, -0.15) is 0 Å². The predicted octanol–water partition coefficient (Wildman–Crippen LogP) is 1.32. The quantitative estimate of drug-likeness (QED) is 0.642. The van der Waals surface area contributed by atoms with Crippen LogP contribution in [-0.4, -0.2) is 32.3 Å². The van der Waals surface area contributed by atoms with Gasteiger partial charge in [0.25, 0.3) is 0 Å². The maximum atomic E-state index is 11.4. The highest BCUT2D eigenvalue weighted by Gasteiger charge is 2.27. The van der Waals surface area contributed by atoms with Crippen LogP contribution in [0.2, 0.25) is 0 Å². The third kappa shape index (κ3) is 3.47. The van der Waals surface area contributed by atoms with Crippen LogP contribution in [0, 0.1) is 5.92 Å². The first-order valence-corrected chi connectivity index (χ1v) is 8.04. The predicted molar refractivity (Wildman–Crippen MR) is 76.1 cm³/mol. The van der Waals surface area contributed by atoms with Crippen molar-refractivity contribution < 1.29 is 13.2 Å². The summed E-state index contributed by atoms with van der Waals surface area (Å²) in [6, 6.07) is 5.19. The van der Waals surface area contributed by atoms with E-state index in [2.05, 4.69) is 5.32 Å². The van der Waals surface area contributed by atoms with Crippen molar-refractivity contribution in [1.82, 2.24) is 0 Å². The minimum absolute atomic E-state index is 0.0791. The van der Waals surface area contributed by atoms with Crippen molar-refractivity contribution in [3.8, 4) is 0 Å². The van der Waals surface area contributed by atoms with Crippen LogP contribution < -0.4 is 11.1 Å². The molecule has 0 aliphatic carbocycles. The summed E-state index contributed by atoms with van der Waals surface area (Å²) in [6.45, 7) is 2.07. The maximum Gasteiger partial charge on any atom is 0.161 e. The number of benzene rings is 1. The highest BCUT2D eigenvalue weighted by molar-refractivity contribution is 7.91. The standard InChI is InChI=1S/C13H18N2O3S/c1-9(16)12-6-11(2-3-13(12)14)15-7-10-4-5-19(17,18)8-10/h2-3,6,10,15H,4-5,7-8,14H2,1H3. The monoisotopic (exact) mass is 282 g/mol. The Bertz CT molecular complexity index is 596. The molecule has 1 atom stereocenters. The van der Waals surface area contributed by atoms with Crippen LogP contribution >= 0.6 is 0 Å². The molecule has 6 heteroatoms. The molecular weight excluding hydrogens is 264 g/mol. The Balaban J connectivity index is 2.01. The number of ketones is 1. The number of Topliss-reactive ketones (excluding diaryl/α,β-unsaturated/α-hetero) is 1. The average molecular weight is 282 g/mol. The van der Waals surface area contributed by atoms with Crippen LogP contribution in [0.5, 0.6) is 0 Å². The lowest BCUT2D eigenvalue weighted by Crippen LogP contribution is -2.16. The largest absolute Gasteiger partial charge is 0.398 e. The van der Waals surface area contributed by atoms with Crippen LogP contribution in [0.3, 0.4) is 0 Å². The van der Waals surface area contributed by atoms with Gasteiger partial charge in [-0.3, -0.25) is 4.79 Å². The first-order valence-electron chi connectivity index (χ1n) is 6.22. The summed E-state index contributed by atoms with van der Waals surface area (Å²) in [7, 11) is -2.84. The van der Waals surface area contributed by atoms with Crippen molar-refractivity contribution in [2.75, 3.05) is 29.1 Å². The summed E-state index contributed by atoms with van der Waals surface area (Å²) in [6.07, 6.45) is 0.698.